The highest BCUT2D eigenvalue weighted by molar-refractivity contribution is 5.85. The van der Waals surface area contributed by atoms with Crippen LogP contribution in [-0.4, -0.2) is 9.55 Å². The van der Waals surface area contributed by atoms with Crippen molar-refractivity contribution in [3.63, 3.8) is 0 Å². The van der Waals surface area contributed by atoms with Crippen LogP contribution >= 0.6 is 0 Å². The van der Waals surface area contributed by atoms with Crippen LogP contribution in [0.3, 0.4) is 0 Å². The average molecular weight is 236 g/mol. The molecule has 0 saturated heterocycles. The van der Waals surface area contributed by atoms with Crippen molar-refractivity contribution in [3.8, 4) is 0 Å². The molecule has 0 radical (unpaired) electrons. The molecule has 0 spiro atoms. The van der Waals surface area contributed by atoms with E-state index in [-0.39, 0.29) is 5.69 Å². The number of nitrogens with zero attached hydrogens (tertiary/aromatic N) is 2. The highest BCUT2D eigenvalue weighted by Crippen LogP contribution is 2.18. The van der Waals surface area contributed by atoms with Crippen LogP contribution in [0.5, 0.6) is 0 Å². The average Bonchev–Trinajstić information content (AvgIpc) is 2.42. The summed E-state index contributed by atoms with van der Waals surface area (Å²) in [5.41, 5.74) is 0.911. The maximum atomic E-state index is 11.6. The van der Waals surface area contributed by atoms with Crippen LogP contribution in [0, 0.1) is 0 Å². The number of aromatic nitrogens is 2. The lowest BCUT2D eigenvalue weighted by Gasteiger charge is -2.08. The van der Waals surface area contributed by atoms with Gasteiger partial charge in [0.05, 0.1) is 6.54 Å². The molecule has 0 N–H and O–H groups in total. The van der Waals surface area contributed by atoms with E-state index in [0.717, 1.165) is 5.56 Å². The third kappa shape index (κ3) is 1.91. The highest BCUT2D eigenvalue weighted by atomic mass is 16.1. The summed E-state index contributed by atoms with van der Waals surface area (Å²) in [6, 6.07) is 16.1. The van der Waals surface area contributed by atoms with Crippen LogP contribution in [0.1, 0.15) is 5.56 Å². The van der Waals surface area contributed by atoms with Gasteiger partial charge < -0.3 is 0 Å². The lowest BCUT2D eigenvalue weighted by atomic mass is 10.0. The summed E-state index contributed by atoms with van der Waals surface area (Å²) < 4.78 is 1.61. The van der Waals surface area contributed by atoms with E-state index in [2.05, 4.69) is 23.2 Å². The fraction of sp³-hybridized carbons (Fsp3) is 0.0667. The Morgan fingerprint density at radius 2 is 1.83 bits per heavy atom. The second kappa shape index (κ2) is 4.45. The molecule has 0 aliphatic carbocycles. The van der Waals surface area contributed by atoms with Crippen LogP contribution in [0.15, 0.2) is 65.7 Å². The van der Waals surface area contributed by atoms with E-state index in [9.17, 15) is 4.79 Å². The SMILES string of the molecule is O=c1ncccn1Cc1cccc2ccccc12. The van der Waals surface area contributed by atoms with Crippen molar-refractivity contribution < 1.29 is 0 Å². The first kappa shape index (κ1) is 10.7. The van der Waals surface area contributed by atoms with Crippen molar-refractivity contribution >= 4 is 10.8 Å². The normalized spacial score (nSPS) is 10.7. The maximum Gasteiger partial charge on any atom is 0.347 e. The minimum atomic E-state index is -0.217. The van der Waals surface area contributed by atoms with Gasteiger partial charge in [0.25, 0.3) is 0 Å². The summed E-state index contributed by atoms with van der Waals surface area (Å²) in [7, 11) is 0. The van der Waals surface area contributed by atoms with Gasteiger partial charge in [-0.1, -0.05) is 42.5 Å². The topological polar surface area (TPSA) is 34.9 Å². The van der Waals surface area contributed by atoms with Gasteiger partial charge in [0.15, 0.2) is 0 Å². The second-order valence-electron chi connectivity index (χ2n) is 4.17. The molecule has 88 valence electrons. The monoisotopic (exact) mass is 236 g/mol. The van der Waals surface area contributed by atoms with E-state index in [1.807, 2.05) is 24.3 Å². The molecule has 0 amide bonds. The van der Waals surface area contributed by atoms with Crippen LogP contribution in [-0.2, 0) is 6.54 Å². The quantitative estimate of drug-likeness (QED) is 0.685. The zero-order valence-electron chi connectivity index (χ0n) is 9.78. The molecule has 1 heterocycles. The maximum absolute atomic E-state index is 11.6. The Morgan fingerprint density at radius 3 is 2.72 bits per heavy atom. The van der Waals surface area contributed by atoms with Crippen molar-refractivity contribution in [2.45, 2.75) is 6.54 Å². The van der Waals surface area contributed by atoms with E-state index in [4.69, 9.17) is 0 Å². The van der Waals surface area contributed by atoms with Gasteiger partial charge in [-0.15, -0.1) is 0 Å². The molecular formula is C15H12N2O. The Bertz CT molecular complexity index is 741. The number of hydrogen-bond acceptors (Lipinski definition) is 2. The van der Waals surface area contributed by atoms with Crippen LogP contribution < -0.4 is 5.69 Å². The molecule has 0 fully saturated rings. The number of fused-ring (bicyclic) bond motifs is 1. The summed E-state index contributed by atoms with van der Waals surface area (Å²) in [6.07, 6.45) is 3.28. The molecule has 0 saturated carbocycles. The van der Waals surface area contributed by atoms with E-state index in [1.165, 1.54) is 17.0 Å². The Balaban J connectivity index is 2.11. The van der Waals surface area contributed by atoms with Crippen LogP contribution in [0.4, 0.5) is 0 Å². The van der Waals surface area contributed by atoms with Crippen molar-refractivity contribution in [2.75, 3.05) is 0 Å². The lowest BCUT2D eigenvalue weighted by molar-refractivity contribution is 0.730. The fourth-order valence-corrected chi connectivity index (χ4v) is 2.12. The van der Waals surface area contributed by atoms with Crippen molar-refractivity contribution in [1.29, 1.82) is 0 Å². The van der Waals surface area contributed by atoms with Gasteiger partial charge in [-0.3, -0.25) is 4.57 Å². The zero-order valence-corrected chi connectivity index (χ0v) is 9.78. The molecule has 3 heteroatoms. The first-order valence-electron chi connectivity index (χ1n) is 5.83. The molecule has 0 bridgehead atoms. The van der Waals surface area contributed by atoms with Gasteiger partial charge in [-0.2, -0.15) is 0 Å². The van der Waals surface area contributed by atoms with Crippen LogP contribution in [0.25, 0.3) is 10.8 Å². The Kier molecular flexibility index (Phi) is 2.65. The fourth-order valence-electron chi connectivity index (χ4n) is 2.12. The summed E-state index contributed by atoms with van der Waals surface area (Å²) in [5, 5.41) is 2.36. The molecule has 3 rings (SSSR count). The van der Waals surface area contributed by atoms with Crippen molar-refractivity contribution in [1.82, 2.24) is 9.55 Å². The van der Waals surface area contributed by atoms with E-state index >= 15 is 0 Å². The highest BCUT2D eigenvalue weighted by Gasteiger charge is 2.02. The number of benzene rings is 2. The standard InChI is InChI=1S/C15H12N2O/c18-15-16-9-4-10-17(15)11-13-7-3-6-12-5-1-2-8-14(12)13/h1-10H,11H2. The van der Waals surface area contributed by atoms with Crippen molar-refractivity contribution in [3.05, 3.63) is 77.0 Å². The van der Waals surface area contributed by atoms with E-state index < -0.39 is 0 Å². The number of hydrogen-bond donors (Lipinski definition) is 0. The van der Waals surface area contributed by atoms with E-state index in [0.29, 0.717) is 6.54 Å². The summed E-state index contributed by atoms with van der Waals surface area (Å²) in [6.45, 7) is 0.550. The third-order valence-electron chi connectivity index (χ3n) is 3.00. The van der Waals surface area contributed by atoms with Crippen LogP contribution in [0.2, 0.25) is 0 Å². The minimum Gasteiger partial charge on any atom is -0.295 e. The molecule has 1 aromatic heterocycles. The minimum absolute atomic E-state index is 0.217. The molecule has 3 nitrogen and oxygen atoms in total. The molecule has 0 unspecified atom stereocenters. The summed E-state index contributed by atoms with van der Waals surface area (Å²) in [5.74, 6) is 0. The van der Waals surface area contributed by atoms with Gasteiger partial charge >= 0.3 is 5.69 Å². The molecule has 3 aromatic rings. The van der Waals surface area contributed by atoms with Gasteiger partial charge in [0.1, 0.15) is 0 Å². The Labute approximate surface area is 104 Å². The molecule has 0 aliphatic rings. The molecule has 18 heavy (non-hydrogen) atoms. The van der Waals surface area contributed by atoms with Gasteiger partial charge in [-0.05, 0) is 22.4 Å². The van der Waals surface area contributed by atoms with Crippen molar-refractivity contribution in [2.24, 2.45) is 0 Å². The number of rotatable bonds is 2. The Morgan fingerprint density at radius 1 is 1.00 bits per heavy atom. The summed E-state index contributed by atoms with van der Waals surface area (Å²) >= 11 is 0. The van der Waals surface area contributed by atoms with Gasteiger partial charge in [0, 0.05) is 12.4 Å². The predicted molar refractivity (Wildman–Crippen MR) is 71.5 cm³/mol. The van der Waals surface area contributed by atoms with Gasteiger partial charge in [-0.25, -0.2) is 9.78 Å². The largest absolute Gasteiger partial charge is 0.347 e. The molecule has 0 atom stereocenters. The summed E-state index contributed by atoms with van der Waals surface area (Å²) in [4.78, 5) is 15.4. The first-order valence-corrected chi connectivity index (χ1v) is 5.83. The Hall–Kier alpha value is -2.42. The smallest absolute Gasteiger partial charge is 0.295 e. The predicted octanol–water partition coefficient (Wildman–Crippen LogP) is 2.44. The molecule has 0 aliphatic heterocycles. The zero-order chi connectivity index (χ0) is 12.4. The van der Waals surface area contributed by atoms with Gasteiger partial charge in [0.2, 0.25) is 0 Å². The molecular weight excluding hydrogens is 224 g/mol. The lowest BCUT2D eigenvalue weighted by Crippen LogP contribution is -2.21. The first-order chi connectivity index (χ1) is 8.84. The molecule has 2 aromatic carbocycles. The van der Waals surface area contributed by atoms with E-state index in [1.54, 1.807) is 16.8 Å². The second-order valence-corrected chi connectivity index (χ2v) is 4.17. The third-order valence-corrected chi connectivity index (χ3v) is 3.00.